The highest BCUT2D eigenvalue weighted by molar-refractivity contribution is 6.30. The molecule has 0 spiro atoms. The Morgan fingerprint density at radius 3 is 2.72 bits per heavy atom. The molecule has 1 saturated heterocycles. The van der Waals surface area contributed by atoms with Gasteiger partial charge < -0.3 is 19.4 Å². The second-order valence-corrected chi connectivity index (χ2v) is 12.2. The third-order valence-electron chi connectivity index (χ3n) is 8.66. The molecule has 228 valence electrons. The fraction of sp³-hybridized carbons (Fsp3) is 0.444. The number of aryl methyl sites for hydroxylation is 2. The average molecular weight is 602 g/mol. The number of carbonyl (C=O) groups excluding carboxylic acids is 1. The van der Waals surface area contributed by atoms with Crippen LogP contribution in [0.5, 0.6) is 5.75 Å². The zero-order valence-electron chi connectivity index (χ0n) is 25.5. The van der Waals surface area contributed by atoms with E-state index in [0.717, 1.165) is 61.5 Å². The summed E-state index contributed by atoms with van der Waals surface area (Å²) in [5.74, 6) is 2.14. The van der Waals surface area contributed by atoms with Gasteiger partial charge in [-0.25, -0.2) is 4.98 Å². The minimum atomic E-state index is -0.0906. The number of ether oxygens (including phenoxy) is 2. The van der Waals surface area contributed by atoms with E-state index in [0.29, 0.717) is 24.2 Å². The smallest absolute Gasteiger partial charge is 0.309 e. The van der Waals surface area contributed by atoms with Gasteiger partial charge in [-0.05, 0) is 125 Å². The second kappa shape index (κ2) is 15.4. The van der Waals surface area contributed by atoms with Crippen molar-refractivity contribution in [3.63, 3.8) is 0 Å². The molecule has 0 saturated carbocycles. The van der Waals surface area contributed by atoms with Crippen LogP contribution in [0.15, 0.2) is 66.7 Å². The first-order chi connectivity index (χ1) is 21.0. The lowest BCUT2D eigenvalue weighted by molar-refractivity contribution is -0.148. The summed E-state index contributed by atoms with van der Waals surface area (Å²) in [6.45, 7) is 8.08. The van der Waals surface area contributed by atoms with E-state index in [1.807, 2.05) is 49.4 Å². The van der Waals surface area contributed by atoms with Crippen molar-refractivity contribution in [1.82, 2.24) is 14.9 Å². The van der Waals surface area contributed by atoms with Gasteiger partial charge in [-0.2, -0.15) is 0 Å². The maximum absolute atomic E-state index is 12.7. The quantitative estimate of drug-likeness (QED) is 0.149. The maximum Gasteiger partial charge on any atom is 0.309 e. The number of likely N-dealkylation sites (tertiary alicyclic amines) is 1. The third kappa shape index (κ3) is 8.84. The Hall–Kier alpha value is -3.35. The molecule has 0 aliphatic carbocycles. The topological polar surface area (TPSA) is 67.5 Å². The van der Waals surface area contributed by atoms with Gasteiger partial charge in [-0.15, -0.1) is 0 Å². The Balaban J connectivity index is 1.10. The van der Waals surface area contributed by atoms with Crippen LogP contribution in [0.1, 0.15) is 61.5 Å². The summed E-state index contributed by atoms with van der Waals surface area (Å²) in [6, 6.07) is 22.1. The van der Waals surface area contributed by atoms with Gasteiger partial charge in [0.1, 0.15) is 18.2 Å². The van der Waals surface area contributed by atoms with E-state index >= 15 is 0 Å². The first-order valence-corrected chi connectivity index (χ1v) is 16.1. The van der Waals surface area contributed by atoms with Crippen molar-refractivity contribution in [2.24, 2.45) is 11.8 Å². The second-order valence-electron chi connectivity index (χ2n) is 11.8. The molecule has 0 bridgehead atoms. The Labute approximate surface area is 260 Å². The molecule has 1 aromatic heterocycles. The fourth-order valence-corrected chi connectivity index (χ4v) is 6.42. The lowest BCUT2D eigenvalue weighted by atomic mass is 9.90. The van der Waals surface area contributed by atoms with E-state index in [2.05, 4.69) is 41.1 Å². The first-order valence-electron chi connectivity index (χ1n) is 15.8. The fourth-order valence-electron chi connectivity index (χ4n) is 6.30. The van der Waals surface area contributed by atoms with Gasteiger partial charge in [-0.1, -0.05) is 48.0 Å². The third-order valence-corrected chi connectivity index (χ3v) is 8.91. The highest BCUT2D eigenvalue weighted by Gasteiger charge is 2.24. The molecule has 5 rings (SSSR count). The van der Waals surface area contributed by atoms with Crippen LogP contribution in [-0.4, -0.2) is 47.1 Å². The molecule has 43 heavy (non-hydrogen) atoms. The van der Waals surface area contributed by atoms with Gasteiger partial charge in [0, 0.05) is 11.6 Å². The zero-order chi connectivity index (χ0) is 30.0. The van der Waals surface area contributed by atoms with E-state index in [1.165, 1.54) is 42.4 Å². The van der Waals surface area contributed by atoms with Crippen molar-refractivity contribution in [3.05, 3.63) is 94.3 Å². The number of hydrogen-bond acceptors (Lipinski definition) is 5. The number of esters is 1. The normalized spacial score (nSPS) is 16.3. The van der Waals surface area contributed by atoms with Crippen LogP contribution in [0, 0.1) is 18.8 Å². The number of rotatable bonds is 14. The number of aromatic amines is 1. The number of nitrogens with zero attached hydrogens (tertiary/aromatic N) is 2. The molecule has 1 fully saturated rings. The molecule has 1 aliphatic heterocycles. The van der Waals surface area contributed by atoms with Gasteiger partial charge in [0.15, 0.2) is 0 Å². The molecule has 1 aliphatic rings. The predicted octanol–water partition coefficient (Wildman–Crippen LogP) is 7.95. The van der Waals surface area contributed by atoms with Crippen molar-refractivity contribution < 1.29 is 14.3 Å². The molecule has 2 unspecified atom stereocenters. The Bertz CT molecular complexity index is 1450. The maximum atomic E-state index is 12.7. The molecular weight excluding hydrogens is 558 g/mol. The number of carbonyl (C=O) groups is 1. The number of hydrogen-bond donors (Lipinski definition) is 1. The van der Waals surface area contributed by atoms with Crippen LogP contribution in [0.2, 0.25) is 5.02 Å². The lowest BCUT2D eigenvalue weighted by Crippen LogP contribution is -2.37. The molecule has 2 atom stereocenters. The zero-order valence-corrected chi connectivity index (χ0v) is 26.2. The summed E-state index contributed by atoms with van der Waals surface area (Å²) < 4.78 is 11.3. The number of benzene rings is 3. The largest absolute Gasteiger partial charge is 0.486 e. The van der Waals surface area contributed by atoms with E-state index in [4.69, 9.17) is 26.1 Å². The highest BCUT2D eigenvalue weighted by Crippen LogP contribution is 2.26. The molecule has 0 radical (unpaired) electrons. The summed E-state index contributed by atoms with van der Waals surface area (Å²) >= 11 is 5.97. The van der Waals surface area contributed by atoms with Crippen LogP contribution in [0.4, 0.5) is 0 Å². The summed E-state index contributed by atoms with van der Waals surface area (Å²) in [7, 11) is 0. The molecule has 2 heterocycles. The van der Waals surface area contributed by atoms with Crippen LogP contribution in [-0.2, 0) is 29.0 Å². The minimum Gasteiger partial charge on any atom is -0.486 e. The van der Waals surface area contributed by atoms with Crippen molar-refractivity contribution in [2.75, 3.05) is 26.2 Å². The predicted molar refractivity (Wildman–Crippen MR) is 174 cm³/mol. The summed E-state index contributed by atoms with van der Waals surface area (Å²) in [5.41, 5.74) is 5.90. The van der Waals surface area contributed by atoms with Gasteiger partial charge >= 0.3 is 5.97 Å². The minimum absolute atomic E-state index is 0.0645. The van der Waals surface area contributed by atoms with Gasteiger partial charge in [0.25, 0.3) is 0 Å². The molecule has 6 nitrogen and oxygen atoms in total. The SMILES string of the molecule is CCOC(=O)C(CCN1CCCC(CCCc2ccc3[nH]c(COc4ccc(Cl)cc4)nc3c2C)C1)Cc1ccccc1. The number of H-pyrrole nitrogens is 1. The molecule has 0 amide bonds. The Morgan fingerprint density at radius 2 is 1.93 bits per heavy atom. The standard InChI is InChI=1S/C36H44ClN3O3/c1-3-42-36(41)30(23-27-9-5-4-6-10-27)20-22-40-21-8-12-28(24-40)11-7-13-29-14-19-33-35(26(29)2)39-34(38-33)25-43-32-17-15-31(37)16-18-32/h4-6,9-10,14-19,28,30H,3,7-8,11-13,20-25H2,1-2H3,(H,38,39). The molecule has 3 aromatic carbocycles. The lowest BCUT2D eigenvalue weighted by Gasteiger charge is -2.33. The van der Waals surface area contributed by atoms with Crippen LogP contribution in [0.3, 0.4) is 0 Å². The number of halogens is 1. The Morgan fingerprint density at radius 1 is 1.12 bits per heavy atom. The van der Waals surface area contributed by atoms with E-state index in [-0.39, 0.29) is 11.9 Å². The first kappa shape index (κ1) is 31.1. The van der Waals surface area contributed by atoms with Crippen molar-refractivity contribution in [3.8, 4) is 5.75 Å². The molecule has 1 N–H and O–H groups in total. The van der Waals surface area contributed by atoms with E-state index < -0.39 is 0 Å². The molecule has 7 heteroatoms. The number of imidazole rings is 1. The van der Waals surface area contributed by atoms with E-state index in [9.17, 15) is 4.79 Å². The van der Waals surface area contributed by atoms with Crippen LogP contribution in [0.25, 0.3) is 11.0 Å². The molecule has 4 aromatic rings. The van der Waals surface area contributed by atoms with Crippen molar-refractivity contribution in [2.45, 2.75) is 65.4 Å². The Kier molecular flexibility index (Phi) is 11.1. The number of piperidine rings is 1. The summed E-state index contributed by atoms with van der Waals surface area (Å²) in [4.78, 5) is 23.5. The van der Waals surface area contributed by atoms with Gasteiger partial charge in [0.05, 0.1) is 23.6 Å². The van der Waals surface area contributed by atoms with E-state index in [1.54, 1.807) is 0 Å². The van der Waals surface area contributed by atoms with Crippen molar-refractivity contribution >= 4 is 28.6 Å². The summed E-state index contributed by atoms with van der Waals surface area (Å²) in [5, 5.41) is 0.693. The monoisotopic (exact) mass is 601 g/mol. The number of fused-ring (bicyclic) bond motifs is 1. The van der Waals surface area contributed by atoms with Crippen molar-refractivity contribution in [1.29, 1.82) is 0 Å². The molecular formula is C36H44ClN3O3. The van der Waals surface area contributed by atoms with Gasteiger partial charge in [0.2, 0.25) is 0 Å². The number of nitrogens with one attached hydrogen (secondary N) is 1. The van der Waals surface area contributed by atoms with Crippen LogP contribution >= 0.6 is 11.6 Å². The van der Waals surface area contributed by atoms with Gasteiger partial charge in [-0.3, -0.25) is 4.79 Å². The summed E-state index contributed by atoms with van der Waals surface area (Å²) in [6.07, 6.45) is 7.55. The van der Waals surface area contributed by atoms with Crippen LogP contribution < -0.4 is 4.74 Å². The number of aromatic nitrogens is 2. The average Bonchev–Trinajstić information content (AvgIpc) is 3.45. The highest BCUT2D eigenvalue weighted by atomic mass is 35.5.